The first kappa shape index (κ1) is 15.2. The third-order valence-electron chi connectivity index (χ3n) is 2.72. The van der Waals surface area contributed by atoms with E-state index in [0.717, 1.165) is 25.9 Å². The fourth-order valence-electron chi connectivity index (χ4n) is 1.69. The second-order valence-electron chi connectivity index (χ2n) is 4.49. The van der Waals surface area contributed by atoms with E-state index in [1.165, 1.54) is 25.7 Å². The van der Waals surface area contributed by atoms with Crippen molar-refractivity contribution in [2.24, 2.45) is 0 Å². The summed E-state index contributed by atoms with van der Waals surface area (Å²) in [6, 6.07) is 0. The van der Waals surface area contributed by atoms with E-state index in [9.17, 15) is 4.79 Å². The molecule has 0 heterocycles. The summed E-state index contributed by atoms with van der Waals surface area (Å²) < 4.78 is 0. The van der Waals surface area contributed by atoms with Gasteiger partial charge in [-0.1, -0.05) is 46.1 Å². The molecule has 2 nitrogen and oxygen atoms in total. The molecule has 0 fully saturated rings. The fourth-order valence-corrected chi connectivity index (χ4v) is 1.69. The Bertz CT molecular complexity index is 201. The Morgan fingerprint density at radius 1 is 1.00 bits per heavy atom. The molecule has 0 radical (unpaired) electrons. The first-order chi connectivity index (χ1) is 7.63. The first-order valence-electron chi connectivity index (χ1n) is 6.58. The summed E-state index contributed by atoms with van der Waals surface area (Å²) >= 11 is 0. The molecular weight excluding hydrogens is 198 g/mol. The monoisotopic (exact) mass is 225 g/mol. The number of carbonyl (C=O) groups is 1. The van der Waals surface area contributed by atoms with Gasteiger partial charge in [0.05, 0.1) is 0 Å². The second kappa shape index (κ2) is 9.44. The molecule has 0 saturated carbocycles. The molecule has 0 aromatic heterocycles. The van der Waals surface area contributed by atoms with Gasteiger partial charge in [0, 0.05) is 18.7 Å². The zero-order valence-corrected chi connectivity index (χ0v) is 11.2. The van der Waals surface area contributed by atoms with Gasteiger partial charge in [0.2, 0.25) is 5.91 Å². The summed E-state index contributed by atoms with van der Waals surface area (Å²) in [4.78, 5) is 13.8. The summed E-state index contributed by atoms with van der Waals surface area (Å²) in [5, 5.41) is 0. The molecule has 0 unspecified atom stereocenters. The van der Waals surface area contributed by atoms with Crippen molar-refractivity contribution in [3.05, 3.63) is 12.2 Å². The lowest BCUT2D eigenvalue weighted by atomic mass is 10.2. The third-order valence-corrected chi connectivity index (χ3v) is 2.72. The lowest BCUT2D eigenvalue weighted by Gasteiger charge is -2.22. The van der Waals surface area contributed by atoms with Crippen LogP contribution in [0, 0.1) is 0 Å². The number of hydrogen-bond donors (Lipinski definition) is 0. The van der Waals surface area contributed by atoms with Gasteiger partial charge in [0.1, 0.15) is 0 Å². The fraction of sp³-hybridized carbons (Fsp3) is 0.786. The Balaban J connectivity index is 4.05. The maximum atomic E-state index is 11.9. The predicted molar refractivity (Wildman–Crippen MR) is 70.4 cm³/mol. The van der Waals surface area contributed by atoms with E-state index < -0.39 is 0 Å². The van der Waals surface area contributed by atoms with E-state index in [4.69, 9.17) is 0 Å². The summed E-state index contributed by atoms with van der Waals surface area (Å²) in [5.74, 6) is 0.132. The van der Waals surface area contributed by atoms with Gasteiger partial charge < -0.3 is 4.90 Å². The van der Waals surface area contributed by atoms with Crippen molar-refractivity contribution in [3.8, 4) is 0 Å². The molecule has 0 saturated heterocycles. The summed E-state index contributed by atoms with van der Waals surface area (Å²) in [5.41, 5.74) is 0.660. The topological polar surface area (TPSA) is 20.3 Å². The van der Waals surface area contributed by atoms with Crippen LogP contribution in [-0.2, 0) is 4.79 Å². The largest absolute Gasteiger partial charge is 0.339 e. The Morgan fingerprint density at radius 2 is 1.44 bits per heavy atom. The molecule has 2 heteroatoms. The molecule has 0 aromatic rings. The first-order valence-corrected chi connectivity index (χ1v) is 6.58. The molecular formula is C14H27NO. The van der Waals surface area contributed by atoms with Crippen molar-refractivity contribution >= 4 is 5.91 Å². The molecule has 0 aliphatic carbocycles. The van der Waals surface area contributed by atoms with E-state index in [0.29, 0.717) is 5.57 Å². The van der Waals surface area contributed by atoms with Gasteiger partial charge >= 0.3 is 0 Å². The van der Waals surface area contributed by atoms with Crippen LogP contribution in [0.1, 0.15) is 59.3 Å². The summed E-state index contributed by atoms with van der Waals surface area (Å²) in [6.07, 6.45) is 7.03. The van der Waals surface area contributed by atoms with Gasteiger partial charge in [0.25, 0.3) is 0 Å². The molecule has 0 N–H and O–H groups in total. The van der Waals surface area contributed by atoms with Crippen molar-refractivity contribution in [3.63, 3.8) is 0 Å². The smallest absolute Gasteiger partial charge is 0.248 e. The van der Waals surface area contributed by atoms with Crippen molar-refractivity contribution in [2.45, 2.75) is 59.3 Å². The summed E-state index contributed by atoms with van der Waals surface area (Å²) in [6.45, 7) is 11.7. The van der Waals surface area contributed by atoms with Gasteiger partial charge in [-0.15, -0.1) is 0 Å². The van der Waals surface area contributed by atoms with Crippen LogP contribution in [0.5, 0.6) is 0 Å². The van der Waals surface area contributed by atoms with Crippen LogP contribution in [0.3, 0.4) is 0 Å². The zero-order chi connectivity index (χ0) is 12.4. The van der Waals surface area contributed by atoms with E-state index in [-0.39, 0.29) is 5.91 Å². The SMILES string of the molecule is C=C(C)C(=O)N(CCCCC)CCCCC. The molecule has 0 atom stereocenters. The molecule has 0 aromatic carbocycles. The van der Waals surface area contributed by atoms with E-state index in [2.05, 4.69) is 20.4 Å². The second-order valence-corrected chi connectivity index (χ2v) is 4.49. The highest BCUT2D eigenvalue weighted by molar-refractivity contribution is 5.92. The highest BCUT2D eigenvalue weighted by Gasteiger charge is 2.12. The molecule has 0 bridgehead atoms. The molecule has 94 valence electrons. The lowest BCUT2D eigenvalue weighted by molar-refractivity contribution is -0.127. The van der Waals surface area contributed by atoms with Gasteiger partial charge in [-0.05, 0) is 19.8 Å². The molecule has 0 aliphatic heterocycles. The summed E-state index contributed by atoms with van der Waals surface area (Å²) in [7, 11) is 0. The highest BCUT2D eigenvalue weighted by atomic mass is 16.2. The van der Waals surface area contributed by atoms with Crippen LogP contribution in [0.15, 0.2) is 12.2 Å². The Morgan fingerprint density at radius 3 is 1.75 bits per heavy atom. The molecule has 0 rings (SSSR count). The predicted octanol–water partition coefficient (Wildman–Crippen LogP) is 3.77. The van der Waals surface area contributed by atoms with E-state index >= 15 is 0 Å². The number of nitrogens with zero attached hydrogens (tertiary/aromatic N) is 1. The molecule has 0 aliphatic rings. The van der Waals surface area contributed by atoms with E-state index in [1.807, 2.05) is 4.90 Å². The molecule has 1 amide bonds. The van der Waals surface area contributed by atoms with Crippen LogP contribution in [0.2, 0.25) is 0 Å². The average Bonchev–Trinajstić information content (AvgIpc) is 2.26. The van der Waals surface area contributed by atoms with Gasteiger partial charge in [-0.3, -0.25) is 4.79 Å². The minimum Gasteiger partial charge on any atom is -0.339 e. The number of rotatable bonds is 9. The van der Waals surface area contributed by atoms with Crippen LogP contribution < -0.4 is 0 Å². The minimum atomic E-state index is 0.132. The maximum Gasteiger partial charge on any atom is 0.248 e. The maximum absolute atomic E-state index is 11.9. The molecule has 0 spiro atoms. The van der Waals surface area contributed by atoms with Gasteiger partial charge in [-0.2, -0.15) is 0 Å². The number of hydrogen-bond acceptors (Lipinski definition) is 1. The van der Waals surface area contributed by atoms with Gasteiger partial charge in [-0.25, -0.2) is 0 Å². The zero-order valence-electron chi connectivity index (χ0n) is 11.2. The average molecular weight is 225 g/mol. The number of amides is 1. The Labute approximate surface area is 101 Å². The van der Waals surface area contributed by atoms with Crippen molar-refractivity contribution in [1.29, 1.82) is 0 Å². The highest BCUT2D eigenvalue weighted by Crippen LogP contribution is 2.06. The number of unbranched alkanes of at least 4 members (excludes halogenated alkanes) is 4. The van der Waals surface area contributed by atoms with Crippen molar-refractivity contribution < 1.29 is 4.79 Å². The van der Waals surface area contributed by atoms with E-state index in [1.54, 1.807) is 6.92 Å². The van der Waals surface area contributed by atoms with Crippen molar-refractivity contribution in [2.75, 3.05) is 13.1 Å². The Kier molecular flexibility index (Phi) is 8.97. The van der Waals surface area contributed by atoms with Crippen LogP contribution in [-0.4, -0.2) is 23.9 Å². The normalized spacial score (nSPS) is 10.2. The number of carbonyl (C=O) groups excluding carboxylic acids is 1. The third kappa shape index (κ3) is 6.65. The lowest BCUT2D eigenvalue weighted by Crippen LogP contribution is -2.33. The van der Waals surface area contributed by atoms with Crippen molar-refractivity contribution in [1.82, 2.24) is 4.90 Å². The van der Waals surface area contributed by atoms with Crippen LogP contribution in [0.25, 0.3) is 0 Å². The Hall–Kier alpha value is -0.790. The minimum absolute atomic E-state index is 0.132. The quantitative estimate of drug-likeness (QED) is 0.432. The van der Waals surface area contributed by atoms with Gasteiger partial charge in [0.15, 0.2) is 0 Å². The molecule has 16 heavy (non-hydrogen) atoms. The standard InChI is InChI=1S/C14H27NO/c1-5-7-9-11-15(12-10-8-6-2)14(16)13(3)4/h3,5-12H2,1-2,4H3. The van der Waals surface area contributed by atoms with Crippen LogP contribution >= 0.6 is 0 Å². The van der Waals surface area contributed by atoms with Crippen LogP contribution in [0.4, 0.5) is 0 Å².